The van der Waals surface area contributed by atoms with E-state index in [1.807, 2.05) is 12.1 Å². The number of amides is 1. The van der Waals surface area contributed by atoms with Gasteiger partial charge in [0.15, 0.2) is 0 Å². The van der Waals surface area contributed by atoms with E-state index in [2.05, 4.69) is 21.0 Å². The first kappa shape index (κ1) is 27.3. The van der Waals surface area contributed by atoms with Gasteiger partial charge in [0.1, 0.15) is 0 Å². The first-order valence-electron chi connectivity index (χ1n) is 11.7. The number of likely N-dealkylation sites (tertiary alicyclic amines) is 1. The minimum absolute atomic E-state index is 0.0466. The summed E-state index contributed by atoms with van der Waals surface area (Å²) in [6.45, 7) is 2.68. The molecule has 2 aliphatic heterocycles. The van der Waals surface area contributed by atoms with E-state index < -0.39 is 23.2 Å². The molecule has 0 spiro atoms. The predicted octanol–water partition coefficient (Wildman–Crippen LogP) is 2.90. The maximum atomic E-state index is 12.9. The van der Waals surface area contributed by atoms with Crippen LogP contribution < -0.4 is 5.32 Å². The van der Waals surface area contributed by atoms with Gasteiger partial charge in [-0.2, -0.15) is 13.2 Å². The number of hydrogen-bond donors (Lipinski definition) is 3. The third kappa shape index (κ3) is 7.35. The molecule has 0 aromatic heterocycles. The lowest BCUT2D eigenvalue weighted by atomic mass is 9.83. The Morgan fingerprint density at radius 1 is 1.00 bits per heavy atom. The fourth-order valence-corrected chi connectivity index (χ4v) is 4.59. The molecule has 2 aliphatic rings. The first-order valence-corrected chi connectivity index (χ1v) is 11.7. The Bertz CT molecular complexity index is 953. The summed E-state index contributed by atoms with van der Waals surface area (Å²) < 4.78 is 38.3. The molecule has 4 rings (SSSR count). The molecule has 3 N–H and O–H groups in total. The van der Waals surface area contributed by atoms with E-state index in [1.54, 1.807) is 29.2 Å². The largest absolute Gasteiger partial charge is 0.416 e. The standard InChI is InChI=1S/C24H27F3N2O2.CH2B2O/c25-24(26,27)21-7-1-17(2-8-21)18-9-15-29(16-10-18)22(30)19-3-5-20(6-4-19)23(31)11-13-28-14-12-23;2-1(3)4/h1-8,18,28,31H,9-16H2;1,4H. The summed E-state index contributed by atoms with van der Waals surface area (Å²) in [7, 11) is 8.89. The number of aliphatic hydroxyl groups is 2. The summed E-state index contributed by atoms with van der Waals surface area (Å²) in [5.74, 6) is -1.06. The number of rotatable bonds is 3. The SMILES string of the molecule is O=C(c1ccc(C2(O)CCNCC2)cc1)N1CCC(c2ccc(C(F)(F)F)cc2)CC1.[B]C([B])O. The van der Waals surface area contributed by atoms with Gasteiger partial charge in [0.25, 0.3) is 5.91 Å². The van der Waals surface area contributed by atoms with Gasteiger partial charge in [-0.1, -0.05) is 24.3 Å². The van der Waals surface area contributed by atoms with Crippen molar-refractivity contribution in [3.63, 3.8) is 0 Å². The lowest BCUT2D eigenvalue weighted by molar-refractivity contribution is -0.137. The molecule has 2 aromatic carbocycles. The van der Waals surface area contributed by atoms with Gasteiger partial charge in [0.2, 0.25) is 0 Å². The lowest BCUT2D eigenvalue weighted by Gasteiger charge is -2.34. The first-order chi connectivity index (χ1) is 16.5. The van der Waals surface area contributed by atoms with Crippen molar-refractivity contribution >= 4 is 21.6 Å². The molecule has 2 aromatic rings. The van der Waals surface area contributed by atoms with E-state index in [-0.39, 0.29) is 11.8 Å². The van der Waals surface area contributed by atoms with E-state index in [0.29, 0.717) is 31.5 Å². The van der Waals surface area contributed by atoms with Crippen LogP contribution in [0.2, 0.25) is 0 Å². The van der Waals surface area contributed by atoms with Crippen LogP contribution in [0.5, 0.6) is 0 Å². The summed E-state index contributed by atoms with van der Waals surface area (Å²) in [5.41, 5.74) is 0.842. The highest BCUT2D eigenvalue weighted by atomic mass is 19.4. The van der Waals surface area contributed by atoms with Gasteiger partial charge in [-0.25, -0.2) is 0 Å². The number of nitrogens with zero attached hydrogens (tertiary/aromatic N) is 1. The minimum Gasteiger partial charge on any atom is -0.412 e. The molecule has 4 radical (unpaired) electrons. The summed E-state index contributed by atoms with van der Waals surface area (Å²) in [6, 6.07) is 12.6. The van der Waals surface area contributed by atoms with Crippen LogP contribution in [-0.2, 0) is 11.8 Å². The van der Waals surface area contributed by atoms with E-state index in [4.69, 9.17) is 5.11 Å². The van der Waals surface area contributed by atoms with Crippen molar-refractivity contribution in [3.8, 4) is 0 Å². The third-order valence-corrected chi connectivity index (χ3v) is 6.59. The zero-order valence-electron chi connectivity index (χ0n) is 19.5. The zero-order valence-corrected chi connectivity index (χ0v) is 19.5. The Hall–Kier alpha value is -2.29. The van der Waals surface area contributed by atoms with Crippen molar-refractivity contribution in [1.29, 1.82) is 0 Å². The number of carbonyl (C=O) groups is 1. The Balaban J connectivity index is 0.000000795. The molecule has 0 bridgehead atoms. The maximum Gasteiger partial charge on any atom is 0.416 e. The third-order valence-electron chi connectivity index (χ3n) is 6.59. The van der Waals surface area contributed by atoms with Crippen molar-refractivity contribution < 1.29 is 28.2 Å². The van der Waals surface area contributed by atoms with Crippen molar-refractivity contribution in [1.82, 2.24) is 10.2 Å². The van der Waals surface area contributed by atoms with Crippen LogP contribution in [0.15, 0.2) is 48.5 Å². The molecule has 0 atom stereocenters. The summed E-state index contributed by atoms with van der Waals surface area (Å²) in [6.07, 6.45) is -1.58. The van der Waals surface area contributed by atoms with Crippen LogP contribution in [0.1, 0.15) is 58.6 Å². The molecule has 0 aliphatic carbocycles. The summed E-state index contributed by atoms with van der Waals surface area (Å²) in [5, 5.41) is 21.7. The number of hydrogen-bond acceptors (Lipinski definition) is 4. The average molecular weight is 484 g/mol. The number of halogens is 3. The van der Waals surface area contributed by atoms with E-state index in [0.717, 1.165) is 49.2 Å². The molecule has 2 fully saturated rings. The van der Waals surface area contributed by atoms with Crippen molar-refractivity contribution in [2.45, 2.75) is 49.3 Å². The highest BCUT2D eigenvalue weighted by Gasteiger charge is 2.32. The van der Waals surface area contributed by atoms with Gasteiger partial charge >= 0.3 is 6.18 Å². The van der Waals surface area contributed by atoms with Gasteiger partial charge in [-0.05, 0) is 86.0 Å². The molecule has 10 heteroatoms. The lowest BCUT2D eigenvalue weighted by Crippen LogP contribution is -2.40. The molecule has 1 amide bonds. The highest BCUT2D eigenvalue weighted by Crippen LogP contribution is 2.34. The molecule has 0 saturated carbocycles. The number of alkyl halides is 3. The van der Waals surface area contributed by atoms with Crippen LogP contribution in [0.4, 0.5) is 13.2 Å². The Labute approximate surface area is 206 Å². The Kier molecular flexibility index (Phi) is 9.07. The monoisotopic (exact) mass is 484 g/mol. The van der Waals surface area contributed by atoms with Crippen LogP contribution in [0.25, 0.3) is 0 Å². The zero-order chi connectivity index (χ0) is 25.6. The second-order valence-corrected chi connectivity index (χ2v) is 9.04. The second-order valence-electron chi connectivity index (χ2n) is 9.04. The fraction of sp³-hybridized carbons (Fsp3) is 0.480. The van der Waals surface area contributed by atoms with Crippen LogP contribution >= 0.6 is 0 Å². The quantitative estimate of drug-likeness (QED) is 0.587. The summed E-state index contributed by atoms with van der Waals surface area (Å²) in [4.78, 5) is 14.7. The van der Waals surface area contributed by atoms with E-state index >= 15 is 0 Å². The Morgan fingerprint density at radius 3 is 2.00 bits per heavy atom. The molecule has 0 unspecified atom stereocenters. The maximum absolute atomic E-state index is 12.9. The molecule has 2 heterocycles. The molecular weight excluding hydrogens is 455 g/mol. The van der Waals surface area contributed by atoms with Crippen molar-refractivity contribution in [3.05, 3.63) is 70.8 Å². The minimum atomic E-state index is -4.33. The average Bonchev–Trinajstić information content (AvgIpc) is 2.83. The summed E-state index contributed by atoms with van der Waals surface area (Å²) >= 11 is 0. The molecular formula is C25H29B2F3N2O3. The number of benzene rings is 2. The molecule has 2 saturated heterocycles. The van der Waals surface area contributed by atoms with Gasteiger partial charge in [0.05, 0.1) is 26.9 Å². The van der Waals surface area contributed by atoms with E-state index in [1.165, 1.54) is 0 Å². The number of piperidine rings is 2. The number of aliphatic hydroxyl groups excluding tert-OH is 1. The highest BCUT2D eigenvalue weighted by molar-refractivity contribution is 6.34. The van der Waals surface area contributed by atoms with Crippen molar-refractivity contribution in [2.24, 2.45) is 0 Å². The van der Waals surface area contributed by atoms with E-state index in [9.17, 15) is 23.1 Å². The van der Waals surface area contributed by atoms with Crippen molar-refractivity contribution in [2.75, 3.05) is 26.2 Å². The normalized spacial score (nSPS) is 18.6. The second kappa shape index (κ2) is 11.6. The Morgan fingerprint density at radius 2 is 1.51 bits per heavy atom. The smallest absolute Gasteiger partial charge is 0.412 e. The predicted molar refractivity (Wildman–Crippen MR) is 129 cm³/mol. The van der Waals surface area contributed by atoms with Gasteiger partial charge in [-0.15, -0.1) is 0 Å². The fourth-order valence-electron chi connectivity index (χ4n) is 4.59. The van der Waals surface area contributed by atoms with Gasteiger partial charge in [-0.3, -0.25) is 4.79 Å². The van der Waals surface area contributed by atoms with Crippen LogP contribution in [-0.4, -0.2) is 68.8 Å². The van der Waals surface area contributed by atoms with Gasteiger partial charge in [0, 0.05) is 18.7 Å². The van der Waals surface area contributed by atoms with Gasteiger partial charge < -0.3 is 20.4 Å². The molecule has 35 heavy (non-hydrogen) atoms. The number of carbonyl (C=O) groups excluding carboxylic acids is 1. The van der Waals surface area contributed by atoms with Crippen LogP contribution in [0.3, 0.4) is 0 Å². The molecule has 5 nitrogen and oxygen atoms in total. The van der Waals surface area contributed by atoms with Crippen LogP contribution in [0, 0.1) is 0 Å². The number of nitrogens with one attached hydrogen (secondary N) is 1. The molecule has 184 valence electrons. The topological polar surface area (TPSA) is 72.8 Å².